The quantitative estimate of drug-likeness (QED) is 0.753. The predicted octanol–water partition coefficient (Wildman–Crippen LogP) is 1.32. The number of nitrogens with one attached hydrogen (secondary N) is 1. The van der Waals surface area contributed by atoms with Gasteiger partial charge in [0.15, 0.2) is 0 Å². The number of nitrogens with zero attached hydrogens (tertiary/aromatic N) is 1. The molecule has 1 rings (SSSR count). The van der Waals surface area contributed by atoms with Crippen molar-refractivity contribution in [1.29, 1.82) is 0 Å². The molecule has 0 aliphatic carbocycles. The van der Waals surface area contributed by atoms with Crippen molar-refractivity contribution in [1.82, 2.24) is 9.03 Å². The third-order valence-electron chi connectivity index (χ3n) is 2.55. The van der Waals surface area contributed by atoms with Crippen molar-refractivity contribution in [2.24, 2.45) is 0 Å². The molecule has 4 nitrogen and oxygen atoms in total. The molecular formula is C9H19ClN2O2S. The maximum absolute atomic E-state index is 11.8. The molecule has 1 aliphatic rings. The molecule has 0 aromatic heterocycles. The van der Waals surface area contributed by atoms with Gasteiger partial charge >= 0.3 is 0 Å². The van der Waals surface area contributed by atoms with Crippen molar-refractivity contribution in [3.8, 4) is 0 Å². The Kier molecular flexibility index (Phi) is 5.32. The number of piperidine rings is 1. The smallest absolute Gasteiger partial charge is 0.199 e. The highest BCUT2D eigenvalue weighted by Gasteiger charge is 2.24. The van der Waals surface area contributed by atoms with Gasteiger partial charge in [0.2, 0.25) is 0 Å². The van der Waals surface area contributed by atoms with E-state index in [-0.39, 0.29) is 6.04 Å². The van der Waals surface area contributed by atoms with Gasteiger partial charge in [-0.2, -0.15) is 17.4 Å². The van der Waals surface area contributed by atoms with E-state index in [1.54, 1.807) is 0 Å². The Bertz CT molecular complexity index is 276. The van der Waals surface area contributed by atoms with Gasteiger partial charge in [-0.25, -0.2) is 0 Å². The largest absolute Gasteiger partial charge is 0.279 e. The minimum atomic E-state index is -3.28. The first-order valence-corrected chi connectivity index (χ1v) is 7.37. The summed E-state index contributed by atoms with van der Waals surface area (Å²) < 4.78 is 27.9. The molecule has 1 saturated heterocycles. The molecule has 0 saturated carbocycles. The maximum Gasteiger partial charge on any atom is 0.279 e. The molecule has 1 fully saturated rings. The van der Waals surface area contributed by atoms with Crippen LogP contribution in [-0.4, -0.2) is 37.7 Å². The Morgan fingerprint density at radius 3 is 2.47 bits per heavy atom. The van der Waals surface area contributed by atoms with Crippen LogP contribution in [0.15, 0.2) is 0 Å². The molecule has 0 spiro atoms. The summed E-state index contributed by atoms with van der Waals surface area (Å²) in [5.41, 5.74) is 0. The monoisotopic (exact) mass is 254 g/mol. The van der Waals surface area contributed by atoms with E-state index < -0.39 is 10.2 Å². The predicted molar refractivity (Wildman–Crippen MR) is 62.3 cm³/mol. The topological polar surface area (TPSA) is 49.4 Å². The molecule has 0 aromatic carbocycles. The Labute approximate surface area is 97.2 Å². The fourth-order valence-electron chi connectivity index (χ4n) is 1.66. The van der Waals surface area contributed by atoms with Gasteiger partial charge in [0, 0.05) is 25.0 Å². The van der Waals surface area contributed by atoms with Crippen molar-refractivity contribution in [3.05, 3.63) is 0 Å². The van der Waals surface area contributed by atoms with E-state index >= 15 is 0 Å². The molecule has 0 amide bonds. The van der Waals surface area contributed by atoms with Gasteiger partial charge < -0.3 is 0 Å². The second-order valence-corrected chi connectivity index (χ2v) is 6.04. The van der Waals surface area contributed by atoms with Gasteiger partial charge in [0.1, 0.15) is 0 Å². The van der Waals surface area contributed by atoms with E-state index in [0.29, 0.717) is 25.4 Å². The summed E-state index contributed by atoms with van der Waals surface area (Å²) in [7, 11) is -3.28. The number of hydrogen-bond acceptors (Lipinski definition) is 2. The van der Waals surface area contributed by atoms with Crippen LogP contribution >= 0.6 is 11.6 Å². The Balaban J connectivity index is 2.49. The lowest BCUT2D eigenvalue weighted by atomic mass is 10.2. The van der Waals surface area contributed by atoms with E-state index in [4.69, 9.17) is 11.6 Å². The van der Waals surface area contributed by atoms with Gasteiger partial charge in [-0.1, -0.05) is 6.42 Å². The summed E-state index contributed by atoms with van der Waals surface area (Å²) in [6.45, 7) is 3.12. The first-order chi connectivity index (χ1) is 7.06. The first kappa shape index (κ1) is 13.2. The third kappa shape index (κ3) is 4.26. The molecule has 0 aromatic rings. The fourth-order valence-corrected chi connectivity index (χ4v) is 3.50. The maximum atomic E-state index is 11.8. The highest BCUT2D eigenvalue weighted by molar-refractivity contribution is 7.87. The van der Waals surface area contributed by atoms with Crippen molar-refractivity contribution < 1.29 is 8.42 Å². The van der Waals surface area contributed by atoms with Crippen molar-refractivity contribution in [2.45, 2.75) is 38.6 Å². The molecule has 1 unspecified atom stereocenters. The van der Waals surface area contributed by atoms with Crippen molar-refractivity contribution >= 4 is 21.8 Å². The zero-order valence-electron chi connectivity index (χ0n) is 9.08. The molecule has 1 N–H and O–H groups in total. The Morgan fingerprint density at radius 1 is 1.33 bits per heavy atom. The molecule has 0 bridgehead atoms. The van der Waals surface area contributed by atoms with Crippen LogP contribution in [-0.2, 0) is 10.2 Å². The number of halogens is 1. The molecule has 1 atom stereocenters. The van der Waals surface area contributed by atoms with Gasteiger partial charge in [0.25, 0.3) is 10.2 Å². The Morgan fingerprint density at radius 2 is 1.93 bits per heavy atom. The average Bonchev–Trinajstić information content (AvgIpc) is 2.18. The average molecular weight is 255 g/mol. The first-order valence-electron chi connectivity index (χ1n) is 5.39. The van der Waals surface area contributed by atoms with Gasteiger partial charge in [-0.3, -0.25) is 0 Å². The number of rotatable bonds is 5. The number of alkyl halides is 1. The van der Waals surface area contributed by atoms with Crippen LogP contribution in [0.2, 0.25) is 0 Å². The molecule has 15 heavy (non-hydrogen) atoms. The van der Waals surface area contributed by atoms with Crippen LogP contribution in [0, 0.1) is 0 Å². The summed E-state index contributed by atoms with van der Waals surface area (Å²) in [4.78, 5) is 0. The second-order valence-electron chi connectivity index (χ2n) is 3.96. The highest BCUT2D eigenvalue weighted by Crippen LogP contribution is 2.12. The molecule has 1 aliphatic heterocycles. The van der Waals surface area contributed by atoms with E-state index in [2.05, 4.69) is 4.72 Å². The summed E-state index contributed by atoms with van der Waals surface area (Å²) in [6, 6.07) is -0.0885. The standard InChI is InChI=1S/C9H19ClN2O2S/c1-9(5-6-10)11-15(13,14)12-7-3-2-4-8-12/h9,11H,2-8H2,1H3. The van der Waals surface area contributed by atoms with Crippen molar-refractivity contribution in [2.75, 3.05) is 19.0 Å². The van der Waals surface area contributed by atoms with Crippen LogP contribution in [0.5, 0.6) is 0 Å². The number of hydrogen-bond donors (Lipinski definition) is 1. The summed E-state index contributed by atoms with van der Waals surface area (Å²) >= 11 is 5.56. The van der Waals surface area contributed by atoms with Crippen LogP contribution in [0.4, 0.5) is 0 Å². The summed E-state index contributed by atoms with van der Waals surface area (Å²) in [5.74, 6) is 0.476. The molecule has 90 valence electrons. The minimum Gasteiger partial charge on any atom is -0.199 e. The van der Waals surface area contributed by atoms with Crippen LogP contribution in [0.25, 0.3) is 0 Å². The zero-order valence-corrected chi connectivity index (χ0v) is 10.6. The van der Waals surface area contributed by atoms with Crippen LogP contribution in [0.1, 0.15) is 32.6 Å². The van der Waals surface area contributed by atoms with Gasteiger partial charge in [0.05, 0.1) is 0 Å². The van der Waals surface area contributed by atoms with Crippen molar-refractivity contribution in [3.63, 3.8) is 0 Å². The zero-order chi connectivity index (χ0) is 11.3. The lowest BCUT2D eigenvalue weighted by Crippen LogP contribution is -2.46. The van der Waals surface area contributed by atoms with E-state index in [0.717, 1.165) is 19.3 Å². The minimum absolute atomic E-state index is 0.0885. The fraction of sp³-hybridized carbons (Fsp3) is 1.00. The van der Waals surface area contributed by atoms with E-state index in [9.17, 15) is 8.42 Å². The van der Waals surface area contributed by atoms with E-state index in [1.807, 2.05) is 6.92 Å². The third-order valence-corrected chi connectivity index (χ3v) is 4.51. The molecular weight excluding hydrogens is 236 g/mol. The lowest BCUT2D eigenvalue weighted by molar-refractivity contribution is 0.339. The van der Waals surface area contributed by atoms with Crippen LogP contribution < -0.4 is 4.72 Å². The lowest BCUT2D eigenvalue weighted by Gasteiger charge is -2.27. The SMILES string of the molecule is CC(CCCl)NS(=O)(=O)N1CCCCC1. The summed E-state index contributed by atoms with van der Waals surface area (Å²) in [6.07, 6.45) is 3.72. The van der Waals surface area contributed by atoms with E-state index in [1.165, 1.54) is 4.31 Å². The second kappa shape index (κ2) is 6.03. The highest BCUT2D eigenvalue weighted by atomic mass is 35.5. The normalized spacial score (nSPS) is 21.5. The molecule has 1 heterocycles. The van der Waals surface area contributed by atoms with Gasteiger partial charge in [-0.05, 0) is 26.2 Å². The summed E-state index contributed by atoms with van der Waals surface area (Å²) in [5, 5.41) is 0. The molecule has 0 radical (unpaired) electrons. The van der Waals surface area contributed by atoms with Crippen LogP contribution in [0.3, 0.4) is 0 Å². The molecule has 6 heteroatoms. The Hall–Kier alpha value is 0.160. The van der Waals surface area contributed by atoms with Gasteiger partial charge in [-0.15, -0.1) is 11.6 Å².